The molecule has 230 valence electrons. The fourth-order valence-electron chi connectivity index (χ4n) is 4.52. The highest BCUT2D eigenvalue weighted by atomic mass is 35.5. The van der Waals surface area contributed by atoms with E-state index < -0.39 is 33.8 Å². The highest BCUT2D eigenvalue weighted by Gasteiger charge is 2.24. The molecule has 14 heteroatoms. The first kappa shape index (κ1) is 32.7. The molecule has 3 N–H and O–H groups in total. The van der Waals surface area contributed by atoms with Crippen molar-refractivity contribution in [3.8, 4) is 11.3 Å². The summed E-state index contributed by atoms with van der Waals surface area (Å²) in [7, 11) is -4.10. The highest BCUT2D eigenvalue weighted by molar-refractivity contribution is 7.90. The van der Waals surface area contributed by atoms with E-state index in [0.29, 0.717) is 28.5 Å². The molecule has 4 rings (SSSR count). The van der Waals surface area contributed by atoms with Crippen LogP contribution in [0.3, 0.4) is 0 Å². The number of aliphatic carboxylic acids is 1. The first-order valence-corrected chi connectivity index (χ1v) is 16.3. The molecule has 0 spiro atoms. The predicted octanol–water partition coefficient (Wildman–Crippen LogP) is 4.44. The maximum atomic E-state index is 13.2. The zero-order valence-electron chi connectivity index (χ0n) is 23.9. The standard InChI is InChI=1S/C30H30ClN5O6S2/c1-3-8-26-24(35-30(43-26)29(40)34-20(15-28(38)39)13-19-9-4-6-11-23(19)31)14-21-16-33-25(17-32-21)22-10-5-7-12-27(22)44(41,42)36-18(2)37/h4-7,9-12,16-17,20H,3,8,13-15H2,1-2H3,(H,34,40)(H,36,37)(H,38,39). The summed E-state index contributed by atoms with van der Waals surface area (Å²) >= 11 is 7.51. The number of hydrogen-bond donors (Lipinski definition) is 3. The van der Waals surface area contributed by atoms with Crippen molar-refractivity contribution in [2.24, 2.45) is 0 Å². The molecule has 2 aromatic carbocycles. The summed E-state index contributed by atoms with van der Waals surface area (Å²) in [6.45, 7) is 3.13. The number of amides is 2. The Morgan fingerprint density at radius 1 is 1.05 bits per heavy atom. The van der Waals surface area contributed by atoms with Gasteiger partial charge in [0.2, 0.25) is 5.91 Å². The maximum Gasteiger partial charge on any atom is 0.305 e. The SMILES string of the molecule is CCCc1sc(C(=O)NC(CC(=O)O)Cc2ccccc2Cl)nc1Cc1cnc(-c2ccccc2S(=O)(=O)NC(C)=O)cn1. The molecule has 0 aliphatic carbocycles. The van der Waals surface area contributed by atoms with Crippen molar-refractivity contribution in [2.45, 2.75) is 56.9 Å². The zero-order valence-corrected chi connectivity index (χ0v) is 26.3. The van der Waals surface area contributed by atoms with E-state index in [2.05, 4.69) is 20.3 Å². The van der Waals surface area contributed by atoms with Crippen LogP contribution in [-0.2, 0) is 38.9 Å². The van der Waals surface area contributed by atoms with E-state index in [9.17, 15) is 27.9 Å². The molecule has 1 unspecified atom stereocenters. The van der Waals surface area contributed by atoms with Gasteiger partial charge in [-0.1, -0.05) is 61.3 Å². The minimum atomic E-state index is -4.10. The number of sulfonamides is 1. The Morgan fingerprint density at radius 3 is 2.43 bits per heavy atom. The van der Waals surface area contributed by atoms with Crippen LogP contribution < -0.4 is 10.0 Å². The Hall–Kier alpha value is -4.20. The summed E-state index contributed by atoms with van der Waals surface area (Å²) in [5.74, 6) is -2.24. The Kier molecular flexibility index (Phi) is 10.8. The molecule has 0 aliphatic heterocycles. The van der Waals surface area contributed by atoms with Crippen LogP contribution in [0.25, 0.3) is 11.3 Å². The monoisotopic (exact) mass is 655 g/mol. The second-order valence-electron chi connectivity index (χ2n) is 9.93. The molecule has 0 fully saturated rings. The third-order valence-corrected chi connectivity index (χ3v) is 9.43. The average Bonchev–Trinajstić information content (AvgIpc) is 3.36. The lowest BCUT2D eigenvalue weighted by atomic mass is 10.0. The lowest BCUT2D eigenvalue weighted by molar-refractivity contribution is -0.137. The largest absolute Gasteiger partial charge is 0.481 e. The minimum Gasteiger partial charge on any atom is -0.481 e. The molecule has 2 aromatic heterocycles. The van der Waals surface area contributed by atoms with Gasteiger partial charge in [0.05, 0.1) is 34.6 Å². The molecule has 0 radical (unpaired) electrons. The van der Waals surface area contributed by atoms with Crippen LogP contribution in [0.2, 0.25) is 5.02 Å². The number of halogens is 1. The van der Waals surface area contributed by atoms with Crippen molar-refractivity contribution in [1.82, 2.24) is 25.0 Å². The lowest BCUT2D eigenvalue weighted by Gasteiger charge is -2.17. The van der Waals surface area contributed by atoms with Crippen LogP contribution in [0.4, 0.5) is 0 Å². The number of carboxylic acids is 1. The molecule has 0 bridgehead atoms. The van der Waals surface area contributed by atoms with Gasteiger partial charge >= 0.3 is 5.97 Å². The third kappa shape index (κ3) is 8.46. The van der Waals surface area contributed by atoms with Gasteiger partial charge < -0.3 is 10.4 Å². The highest BCUT2D eigenvalue weighted by Crippen LogP contribution is 2.27. The zero-order chi connectivity index (χ0) is 31.9. The molecular weight excluding hydrogens is 626 g/mol. The van der Waals surface area contributed by atoms with Crippen molar-refractivity contribution < 1.29 is 27.9 Å². The number of benzene rings is 2. The number of hydrogen-bond acceptors (Lipinski definition) is 9. The quantitative estimate of drug-likeness (QED) is 0.189. The van der Waals surface area contributed by atoms with Crippen LogP contribution in [0.5, 0.6) is 0 Å². The van der Waals surface area contributed by atoms with E-state index in [4.69, 9.17) is 11.6 Å². The van der Waals surface area contributed by atoms with Crippen molar-refractivity contribution in [3.05, 3.63) is 92.8 Å². The van der Waals surface area contributed by atoms with Crippen LogP contribution in [-0.4, -0.2) is 52.3 Å². The summed E-state index contributed by atoms with van der Waals surface area (Å²) in [6, 6.07) is 12.5. The second kappa shape index (κ2) is 14.5. The van der Waals surface area contributed by atoms with Gasteiger partial charge in [0.15, 0.2) is 5.01 Å². The van der Waals surface area contributed by atoms with Gasteiger partial charge in [-0.2, -0.15) is 0 Å². The number of thiazole rings is 1. The minimum absolute atomic E-state index is 0.103. The van der Waals surface area contributed by atoms with Crippen LogP contribution in [0.15, 0.2) is 65.8 Å². The van der Waals surface area contributed by atoms with Crippen LogP contribution >= 0.6 is 22.9 Å². The third-order valence-electron chi connectivity index (χ3n) is 6.41. The van der Waals surface area contributed by atoms with E-state index >= 15 is 0 Å². The Balaban J connectivity index is 1.54. The number of nitrogens with one attached hydrogen (secondary N) is 2. The van der Waals surface area contributed by atoms with E-state index in [0.717, 1.165) is 23.8 Å². The molecule has 2 amide bonds. The number of carbonyl (C=O) groups is 3. The van der Waals surface area contributed by atoms with Crippen LogP contribution in [0, 0.1) is 0 Å². The van der Waals surface area contributed by atoms with Gasteiger partial charge in [-0.05, 0) is 30.5 Å². The molecule has 0 saturated heterocycles. The van der Waals surface area contributed by atoms with E-state index in [1.54, 1.807) is 42.5 Å². The van der Waals surface area contributed by atoms with Crippen molar-refractivity contribution >= 4 is 50.7 Å². The number of aryl methyl sites for hydroxylation is 1. The molecule has 1 atom stereocenters. The topological polar surface area (TPSA) is 168 Å². The molecule has 2 heterocycles. The van der Waals surface area contributed by atoms with Crippen molar-refractivity contribution in [1.29, 1.82) is 0 Å². The van der Waals surface area contributed by atoms with Crippen LogP contribution in [0.1, 0.15) is 58.3 Å². The summed E-state index contributed by atoms with van der Waals surface area (Å²) in [6.07, 6.45) is 4.69. The number of rotatable bonds is 13. The van der Waals surface area contributed by atoms with Crippen molar-refractivity contribution in [2.75, 3.05) is 0 Å². The maximum absolute atomic E-state index is 13.2. The van der Waals surface area contributed by atoms with Gasteiger partial charge in [0.1, 0.15) is 0 Å². The number of carboxylic acid groups (broad SMARTS) is 1. The Labute approximate surface area is 263 Å². The van der Waals surface area contributed by atoms with E-state index in [-0.39, 0.29) is 34.7 Å². The number of nitrogens with zero attached hydrogens (tertiary/aromatic N) is 3. The van der Waals surface area contributed by atoms with E-state index in [1.165, 1.54) is 29.8 Å². The van der Waals surface area contributed by atoms with Gasteiger partial charge in [-0.25, -0.2) is 18.1 Å². The molecule has 0 saturated carbocycles. The average molecular weight is 656 g/mol. The predicted molar refractivity (Wildman–Crippen MR) is 166 cm³/mol. The number of aromatic nitrogens is 3. The Morgan fingerprint density at radius 2 is 1.77 bits per heavy atom. The number of carbonyl (C=O) groups excluding carboxylic acids is 2. The molecule has 44 heavy (non-hydrogen) atoms. The van der Waals surface area contributed by atoms with Gasteiger partial charge in [0, 0.05) is 41.0 Å². The van der Waals surface area contributed by atoms with Gasteiger partial charge in [-0.15, -0.1) is 11.3 Å². The van der Waals surface area contributed by atoms with Gasteiger partial charge in [-0.3, -0.25) is 24.4 Å². The van der Waals surface area contributed by atoms with Crippen molar-refractivity contribution in [3.63, 3.8) is 0 Å². The summed E-state index contributed by atoms with van der Waals surface area (Å²) < 4.78 is 27.3. The lowest BCUT2D eigenvalue weighted by Crippen LogP contribution is -2.38. The smallest absolute Gasteiger partial charge is 0.305 e. The second-order valence-corrected chi connectivity index (χ2v) is 13.1. The molecule has 11 nitrogen and oxygen atoms in total. The fraction of sp³-hybridized carbons (Fsp3) is 0.267. The Bertz CT molecular complexity index is 1780. The fourth-order valence-corrected chi connectivity index (χ4v) is 7.02. The summed E-state index contributed by atoms with van der Waals surface area (Å²) in [5.41, 5.74) is 2.51. The van der Waals surface area contributed by atoms with Gasteiger partial charge in [0.25, 0.3) is 15.9 Å². The van der Waals surface area contributed by atoms with E-state index in [1.807, 2.05) is 11.6 Å². The first-order valence-electron chi connectivity index (χ1n) is 13.6. The first-order chi connectivity index (χ1) is 21.0. The molecular formula is C30H30ClN5O6S2. The molecule has 0 aliphatic rings. The summed E-state index contributed by atoms with van der Waals surface area (Å²) in [5, 5.41) is 12.9. The molecule has 4 aromatic rings. The normalized spacial score (nSPS) is 12.0. The summed E-state index contributed by atoms with van der Waals surface area (Å²) in [4.78, 5) is 50.4.